The molecule has 0 atom stereocenters. The third-order valence-corrected chi connectivity index (χ3v) is 4.70. The lowest BCUT2D eigenvalue weighted by atomic mass is 10.2. The maximum absolute atomic E-state index is 12.8. The maximum atomic E-state index is 12.8. The van der Waals surface area contributed by atoms with Gasteiger partial charge in [0.25, 0.3) is 5.91 Å². The van der Waals surface area contributed by atoms with E-state index in [0.29, 0.717) is 24.3 Å². The highest BCUT2D eigenvalue weighted by Crippen LogP contribution is 2.30. The Balaban J connectivity index is 1.67. The first kappa shape index (κ1) is 15.4. The highest BCUT2D eigenvalue weighted by atomic mass is 16.2. The van der Waals surface area contributed by atoms with Crippen LogP contribution >= 0.6 is 0 Å². The summed E-state index contributed by atoms with van der Waals surface area (Å²) >= 11 is 0. The number of para-hydroxylation sites is 3. The number of hydrogen-bond donors (Lipinski definition) is 1. The fourth-order valence-corrected chi connectivity index (χ4v) is 3.41. The predicted octanol–water partition coefficient (Wildman–Crippen LogP) is 3.56. The molecule has 2 aromatic carbocycles. The molecule has 0 unspecified atom stereocenters. The molecule has 2 amide bonds. The lowest BCUT2D eigenvalue weighted by molar-refractivity contribution is -0.117. The van der Waals surface area contributed by atoms with Crippen molar-refractivity contribution in [3.8, 4) is 0 Å². The topological polar surface area (TPSA) is 54.3 Å². The first-order valence-corrected chi connectivity index (χ1v) is 8.40. The molecule has 4 rings (SSSR count). The van der Waals surface area contributed by atoms with Gasteiger partial charge in [-0.1, -0.05) is 30.3 Å². The molecule has 25 heavy (non-hydrogen) atoms. The van der Waals surface area contributed by atoms with Crippen molar-refractivity contribution in [1.29, 1.82) is 0 Å². The SMILES string of the molecule is Cn1c(C(=O)Nc2ccccc2N2CCCC2=O)cc2ccccc21. The number of nitrogens with zero attached hydrogens (tertiary/aromatic N) is 2. The van der Waals surface area contributed by atoms with E-state index >= 15 is 0 Å². The largest absolute Gasteiger partial charge is 0.340 e. The highest BCUT2D eigenvalue weighted by Gasteiger charge is 2.24. The van der Waals surface area contributed by atoms with Gasteiger partial charge < -0.3 is 14.8 Å². The van der Waals surface area contributed by atoms with Crippen LogP contribution in [0.5, 0.6) is 0 Å². The van der Waals surface area contributed by atoms with E-state index < -0.39 is 0 Å². The van der Waals surface area contributed by atoms with Gasteiger partial charge in [0.2, 0.25) is 5.91 Å². The summed E-state index contributed by atoms with van der Waals surface area (Å²) in [6.07, 6.45) is 1.41. The molecule has 0 radical (unpaired) electrons. The Morgan fingerprint density at radius 1 is 1.08 bits per heavy atom. The van der Waals surface area contributed by atoms with Gasteiger partial charge in [-0.3, -0.25) is 9.59 Å². The number of aromatic nitrogens is 1. The van der Waals surface area contributed by atoms with Gasteiger partial charge in [0.1, 0.15) is 5.69 Å². The van der Waals surface area contributed by atoms with Gasteiger partial charge in [0.15, 0.2) is 0 Å². The molecule has 2 heterocycles. The minimum Gasteiger partial charge on any atom is -0.340 e. The van der Waals surface area contributed by atoms with Crippen molar-refractivity contribution in [2.75, 3.05) is 16.8 Å². The normalized spacial score (nSPS) is 14.3. The quantitative estimate of drug-likeness (QED) is 0.797. The van der Waals surface area contributed by atoms with E-state index in [2.05, 4.69) is 5.32 Å². The Kier molecular flexibility index (Phi) is 3.76. The smallest absolute Gasteiger partial charge is 0.272 e. The molecule has 1 aromatic heterocycles. The van der Waals surface area contributed by atoms with Gasteiger partial charge in [0, 0.05) is 30.9 Å². The second-order valence-corrected chi connectivity index (χ2v) is 6.27. The van der Waals surface area contributed by atoms with Crippen molar-refractivity contribution in [3.05, 3.63) is 60.3 Å². The fourth-order valence-electron chi connectivity index (χ4n) is 3.41. The number of benzene rings is 2. The third-order valence-electron chi connectivity index (χ3n) is 4.70. The number of nitrogens with one attached hydrogen (secondary N) is 1. The maximum Gasteiger partial charge on any atom is 0.272 e. The summed E-state index contributed by atoms with van der Waals surface area (Å²) in [5.74, 6) is -0.0795. The third kappa shape index (κ3) is 2.67. The average Bonchev–Trinajstić information content (AvgIpc) is 3.19. The number of amides is 2. The molecule has 126 valence electrons. The van der Waals surface area contributed by atoms with Crippen LogP contribution in [-0.4, -0.2) is 22.9 Å². The molecule has 5 nitrogen and oxygen atoms in total. The monoisotopic (exact) mass is 333 g/mol. The van der Waals surface area contributed by atoms with E-state index in [4.69, 9.17) is 0 Å². The van der Waals surface area contributed by atoms with Crippen LogP contribution in [0.25, 0.3) is 10.9 Å². The van der Waals surface area contributed by atoms with Crippen LogP contribution in [0.4, 0.5) is 11.4 Å². The van der Waals surface area contributed by atoms with Gasteiger partial charge in [-0.25, -0.2) is 0 Å². The van der Waals surface area contributed by atoms with Crippen LogP contribution in [0.15, 0.2) is 54.6 Å². The van der Waals surface area contributed by atoms with Crippen molar-refractivity contribution >= 4 is 34.1 Å². The number of hydrogen-bond acceptors (Lipinski definition) is 2. The number of fused-ring (bicyclic) bond motifs is 1. The standard InChI is InChI=1S/C20H19N3O2/c1-22-16-9-4-2-7-14(16)13-18(22)20(25)21-15-8-3-5-10-17(15)23-12-6-11-19(23)24/h2-5,7-10,13H,6,11-12H2,1H3,(H,21,25). The second-order valence-electron chi connectivity index (χ2n) is 6.27. The Labute approximate surface area is 145 Å². The number of carbonyl (C=O) groups excluding carboxylic acids is 2. The van der Waals surface area contributed by atoms with E-state index in [1.807, 2.05) is 66.2 Å². The molecule has 1 fully saturated rings. The van der Waals surface area contributed by atoms with E-state index in [1.54, 1.807) is 4.90 Å². The molecule has 0 bridgehead atoms. The Morgan fingerprint density at radius 2 is 1.84 bits per heavy atom. The number of rotatable bonds is 3. The van der Waals surface area contributed by atoms with Gasteiger partial charge in [-0.05, 0) is 30.7 Å². The predicted molar refractivity (Wildman–Crippen MR) is 98.9 cm³/mol. The summed E-state index contributed by atoms with van der Waals surface area (Å²) in [6.45, 7) is 0.694. The zero-order valence-corrected chi connectivity index (χ0v) is 14.0. The summed E-state index contributed by atoms with van der Waals surface area (Å²) in [5, 5.41) is 4.00. The van der Waals surface area contributed by atoms with Crippen molar-refractivity contribution in [3.63, 3.8) is 0 Å². The molecule has 1 saturated heterocycles. The summed E-state index contributed by atoms with van der Waals surface area (Å²) in [7, 11) is 1.88. The minimum absolute atomic E-state index is 0.103. The van der Waals surface area contributed by atoms with Crippen LogP contribution in [0, 0.1) is 0 Å². The van der Waals surface area contributed by atoms with Crippen molar-refractivity contribution < 1.29 is 9.59 Å². The molecule has 3 aromatic rings. The molecule has 0 aliphatic carbocycles. The van der Waals surface area contributed by atoms with Crippen LogP contribution in [0.1, 0.15) is 23.3 Å². The Morgan fingerprint density at radius 3 is 2.60 bits per heavy atom. The first-order valence-electron chi connectivity index (χ1n) is 8.40. The van der Waals surface area contributed by atoms with Gasteiger partial charge in [-0.2, -0.15) is 0 Å². The number of anilines is 2. The summed E-state index contributed by atoms with van der Waals surface area (Å²) in [4.78, 5) is 26.6. The molecule has 5 heteroatoms. The van der Waals surface area contributed by atoms with Gasteiger partial charge in [-0.15, -0.1) is 0 Å². The van der Waals surface area contributed by atoms with Gasteiger partial charge >= 0.3 is 0 Å². The second kappa shape index (κ2) is 6.09. The molecular weight excluding hydrogens is 314 g/mol. The molecule has 0 spiro atoms. The zero-order valence-electron chi connectivity index (χ0n) is 14.0. The number of aryl methyl sites for hydroxylation is 1. The van der Waals surface area contributed by atoms with E-state index in [-0.39, 0.29) is 11.8 Å². The summed E-state index contributed by atoms with van der Waals surface area (Å²) < 4.78 is 1.88. The first-order chi connectivity index (χ1) is 12.1. The average molecular weight is 333 g/mol. The molecule has 0 saturated carbocycles. The summed E-state index contributed by atoms with van der Waals surface area (Å²) in [5.41, 5.74) is 3.02. The fraction of sp³-hybridized carbons (Fsp3) is 0.200. The van der Waals surface area contributed by atoms with Crippen molar-refractivity contribution in [2.45, 2.75) is 12.8 Å². The zero-order chi connectivity index (χ0) is 17.4. The van der Waals surface area contributed by atoms with Crippen LogP contribution in [0.2, 0.25) is 0 Å². The summed E-state index contributed by atoms with van der Waals surface area (Å²) in [6, 6.07) is 17.2. The Bertz CT molecular complexity index is 974. The minimum atomic E-state index is -0.183. The van der Waals surface area contributed by atoms with Gasteiger partial charge in [0.05, 0.1) is 11.4 Å². The molecule has 1 aliphatic heterocycles. The molecular formula is C20H19N3O2. The van der Waals surface area contributed by atoms with Crippen LogP contribution in [0.3, 0.4) is 0 Å². The van der Waals surface area contributed by atoms with E-state index in [0.717, 1.165) is 23.0 Å². The molecule has 1 N–H and O–H groups in total. The lowest BCUT2D eigenvalue weighted by Gasteiger charge is -2.20. The lowest BCUT2D eigenvalue weighted by Crippen LogP contribution is -2.26. The van der Waals surface area contributed by atoms with Crippen molar-refractivity contribution in [1.82, 2.24) is 4.57 Å². The van der Waals surface area contributed by atoms with Crippen LogP contribution < -0.4 is 10.2 Å². The van der Waals surface area contributed by atoms with E-state index in [1.165, 1.54) is 0 Å². The Hall–Kier alpha value is -3.08. The highest BCUT2D eigenvalue weighted by molar-refractivity contribution is 6.09. The number of carbonyl (C=O) groups is 2. The molecule has 1 aliphatic rings. The van der Waals surface area contributed by atoms with Crippen LogP contribution in [-0.2, 0) is 11.8 Å². The van der Waals surface area contributed by atoms with E-state index in [9.17, 15) is 9.59 Å². The van der Waals surface area contributed by atoms with Crippen molar-refractivity contribution in [2.24, 2.45) is 7.05 Å².